The molecule has 0 aliphatic rings. The number of rotatable bonds is 3. The lowest BCUT2D eigenvalue weighted by molar-refractivity contribution is -0.139. The van der Waals surface area contributed by atoms with E-state index < -0.39 is 26.8 Å². The van der Waals surface area contributed by atoms with Crippen LogP contribution in [0.3, 0.4) is 0 Å². The Morgan fingerprint density at radius 1 is 1.00 bits per heavy atom. The molecular formula is C15H13F3O3S. The molecule has 3 nitrogen and oxygen atoms in total. The summed E-state index contributed by atoms with van der Waals surface area (Å²) in [6.45, 7) is 3.34. The zero-order valence-electron chi connectivity index (χ0n) is 11.8. The standard InChI is InChI=1S/C15H13F3O3S/c1-10-7-8-11(2)13(9-10)21-22(19,20)14-6-4-3-5-12(14)15(16,17)18/h3-9H,1-2H3. The van der Waals surface area contributed by atoms with Gasteiger partial charge < -0.3 is 4.18 Å². The molecule has 0 radical (unpaired) electrons. The Labute approximate surface area is 126 Å². The highest BCUT2D eigenvalue weighted by atomic mass is 32.2. The molecule has 0 aliphatic carbocycles. The molecule has 0 aliphatic heterocycles. The zero-order chi connectivity index (χ0) is 16.5. The average molecular weight is 330 g/mol. The van der Waals surface area contributed by atoms with E-state index in [9.17, 15) is 21.6 Å². The monoisotopic (exact) mass is 330 g/mol. The molecule has 0 N–H and O–H groups in total. The largest absolute Gasteiger partial charge is 0.417 e. The lowest BCUT2D eigenvalue weighted by Gasteiger charge is -2.14. The minimum absolute atomic E-state index is 0.0111. The van der Waals surface area contributed by atoms with Gasteiger partial charge in [0, 0.05) is 0 Å². The number of alkyl halides is 3. The van der Waals surface area contributed by atoms with Crippen molar-refractivity contribution in [3.05, 3.63) is 59.2 Å². The molecule has 2 rings (SSSR count). The van der Waals surface area contributed by atoms with Crippen molar-refractivity contribution in [1.29, 1.82) is 0 Å². The fraction of sp³-hybridized carbons (Fsp3) is 0.200. The van der Waals surface area contributed by atoms with Crippen LogP contribution in [0.4, 0.5) is 13.2 Å². The van der Waals surface area contributed by atoms with Gasteiger partial charge in [-0.3, -0.25) is 0 Å². The molecule has 118 valence electrons. The Balaban J connectivity index is 2.51. The molecule has 2 aromatic carbocycles. The van der Waals surface area contributed by atoms with Crippen molar-refractivity contribution in [1.82, 2.24) is 0 Å². The van der Waals surface area contributed by atoms with E-state index in [-0.39, 0.29) is 5.75 Å². The van der Waals surface area contributed by atoms with Gasteiger partial charge in [-0.2, -0.15) is 21.6 Å². The number of halogens is 3. The van der Waals surface area contributed by atoms with Gasteiger partial charge in [-0.05, 0) is 43.2 Å². The van der Waals surface area contributed by atoms with Crippen LogP contribution < -0.4 is 4.18 Å². The third-order valence-corrected chi connectivity index (χ3v) is 4.30. The predicted octanol–water partition coefficient (Wildman–Crippen LogP) is 4.09. The Bertz CT molecular complexity index is 796. The van der Waals surface area contributed by atoms with E-state index in [1.807, 2.05) is 0 Å². The summed E-state index contributed by atoms with van der Waals surface area (Å²) in [4.78, 5) is -0.900. The van der Waals surface area contributed by atoms with Crippen LogP contribution in [0.1, 0.15) is 16.7 Å². The third kappa shape index (κ3) is 3.41. The molecule has 2 aromatic rings. The Hall–Kier alpha value is -2.02. The highest BCUT2D eigenvalue weighted by molar-refractivity contribution is 7.87. The van der Waals surface area contributed by atoms with Crippen molar-refractivity contribution in [2.45, 2.75) is 24.9 Å². The SMILES string of the molecule is Cc1ccc(C)c(OS(=O)(=O)c2ccccc2C(F)(F)F)c1. The third-order valence-electron chi connectivity index (χ3n) is 3.00. The second kappa shape index (κ2) is 5.64. The summed E-state index contributed by atoms with van der Waals surface area (Å²) in [5.74, 6) is 0.0111. The summed E-state index contributed by atoms with van der Waals surface area (Å²) in [5, 5.41) is 0. The minimum atomic E-state index is -4.78. The van der Waals surface area contributed by atoms with Gasteiger partial charge in [0.05, 0.1) is 5.56 Å². The van der Waals surface area contributed by atoms with Crippen LogP contribution in [0.2, 0.25) is 0 Å². The highest BCUT2D eigenvalue weighted by Crippen LogP contribution is 2.35. The Morgan fingerprint density at radius 2 is 1.64 bits per heavy atom. The van der Waals surface area contributed by atoms with Crippen LogP contribution >= 0.6 is 0 Å². The van der Waals surface area contributed by atoms with Gasteiger partial charge >= 0.3 is 16.3 Å². The fourth-order valence-electron chi connectivity index (χ4n) is 1.88. The molecule has 0 unspecified atom stereocenters. The summed E-state index contributed by atoms with van der Waals surface area (Å²) >= 11 is 0. The maximum atomic E-state index is 12.9. The summed E-state index contributed by atoms with van der Waals surface area (Å²) in [6, 6.07) is 8.77. The lowest BCUT2D eigenvalue weighted by atomic mass is 10.1. The molecular weight excluding hydrogens is 317 g/mol. The van der Waals surface area contributed by atoms with Gasteiger partial charge in [-0.25, -0.2) is 0 Å². The normalized spacial score (nSPS) is 12.2. The summed E-state index contributed by atoms with van der Waals surface area (Å²) in [7, 11) is -4.59. The molecule has 0 saturated heterocycles. The van der Waals surface area contributed by atoms with Crippen molar-refractivity contribution >= 4 is 10.1 Å². The first-order valence-corrected chi connectivity index (χ1v) is 7.70. The predicted molar refractivity (Wildman–Crippen MR) is 75.2 cm³/mol. The van der Waals surface area contributed by atoms with Gasteiger partial charge in [0.1, 0.15) is 10.6 Å². The zero-order valence-corrected chi connectivity index (χ0v) is 12.6. The molecule has 0 heterocycles. The lowest BCUT2D eigenvalue weighted by Crippen LogP contribution is -2.17. The van der Waals surface area contributed by atoms with Crippen LogP contribution in [-0.2, 0) is 16.3 Å². The summed E-state index contributed by atoms with van der Waals surface area (Å²) in [6.07, 6.45) is -4.78. The van der Waals surface area contributed by atoms with Gasteiger partial charge in [-0.15, -0.1) is 0 Å². The molecule has 7 heteroatoms. The van der Waals surface area contributed by atoms with Gasteiger partial charge in [0.25, 0.3) is 0 Å². The van der Waals surface area contributed by atoms with E-state index in [0.717, 1.165) is 17.7 Å². The van der Waals surface area contributed by atoms with Crippen LogP contribution in [0, 0.1) is 13.8 Å². The molecule has 0 spiro atoms. The van der Waals surface area contributed by atoms with E-state index in [4.69, 9.17) is 4.18 Å². The fourth-order valence-corrected chi connectivity index (χ4v) is 3.08. The van der Waals surface area contributed by atoms with Crippen LogP contribution in [0.15, 0.2) is 47.4 Å². The maximum Gasteiger partial charge on any atom is 0.417 e. The molecule has 22 heavy (non-hydrogen) atoms. The molecule has 0 amide bonds. The van der Waals surface area contributed by atoms with E-state index >= 15 is 0 Å². The van der Waals surface area contributed by atoms with E-state index in [2.05, 4.69) is 0 Å². The average Bonchev–Trinajstić information content (AvgIpc) is 2.42. The van der Waals surface area contributed by atoms with Gasteiger partial charge in [-0.1, -0.05) is 24.3 Å². The minimum Gasteiger partial charge on any atom is -0.379 e. The first kappa shape index (κ1) is 16.4. The van der Waals surface area contributed by atoms with Crippen LogP contribution in [-0.4, -0.2) is 8.42 Å². The second-order valence-electron chi connectivity index (χ2n) is 4.80. The van der Waals surface area contributed by atoms with Crippen molar-refractivity contribution in [2.75, 3.05) is 0 Å². The molecule has 0 saturated carbocycles. The first-order chi connectivity index (χ1) is 10.1. The van der Waals surface area contributed by atoms with E-state index in [1.54, 1.807) is 26.0 Å². The number of aryl methyl sites for hydroxylation is 2. The maximum absolute atomic E-state index is 12.9. The molecule has 0 aromatic heterocycles. The van der Waals surface area contributed by atoms with Crippen LogP contribution in [0.25, 0.3) is 0 Å². The molecule has 0 bridgehead atoms. The second-order valence-corrected chi connectivity index (χ2v) is 6.32. The van der Waals surface area contributed by atoms with Crippen molar-refractivity contribution in [3.63, 3.8) is 0 Å². The topological polar surface area (TPSA) is 43.4 Å². The van der Waals surface area contributed by atoms with Crippen LogP contribution in [0.5, 0.6) is 5.75 Å². The number of benzene rings is 2. The van der Waals surface area contributed by atoms with Gasteiger partial charge in [0.15, 0.2) is 0 Å². The van der Waals surface area contributed by atoms with Gasteiger partial charge in [0.2, 0.25) is 0 Å². The summed E-state index contributed by atoms with van der Waals surface area (Å²) < 4.78 is 68.2. The number of hydrogen-bond donors (Lipinski definition) is 0. The number of hydrogen-bond acceptors (Lipinski definition) is 3. The molecule has 0 fully saturated rings. The highest BCUT2D eigenvalue weighted by Gasteiger charge is 2.37. The van der Waals surface area contributed by atoms with Crippen molar-refractivity contribution in [3.8, 4) is 5.75 Å². The van der Waals surface area contributed by atoms with E-state index in [0.29, 0.717) is 11.6 Å². The quantitative estimate of drug-likeness (QED) is 0.796. The Morgan fingerprint density at radius 3 is 2.27 bits per heavy atom. The van der Waals surface area contributed by atoms with Crippen molar-refractivity contribution < 1.29 is 25.8 Å². The first-order valence-electron chi connectivity index (χ1n) is 6.29. The van der Waals surface area contributed by atoms with Crippen molar-refractivity contribution in [2.24, 2.45) is 0 Å². The summed E-state index contributed by atoms with van der Waals surface area (Å²) in [5.41, 5.74) is -0.00104. The Kier molecular flexibility index (Phi) is 4.19. The smallest absolute Gasteiger partial charge is 0.379 e. The molecule has 0 atom stereocenters. The van der Waals surface area contributed by atoms with E-state index in [1.165, 1.54) is 12.1 Å².